The lowest BCUT2D eigenvalue weighted by Gasteiger charge is -2.38. The lowest BCUT2D eigenvalue weighted by Crippen LogP contribution is -2.45. The summed E-state index contributed by atoms with van der Waals surface area (Å²) in [6, 6.07) is 5.54. The van der Waals surface area contributed by atoms with Gasteiger partial charge in [-0.1, -0.05) is 54.4 Å². The molecule has 0 aliphatic heterocycles. The molecule has 0 bridgehead atoms. The van der Waals surface area contributed by atoms with Crippen LogP contribution in [-0.2, 0) is 9.59 Å². The van der Waals surface area contributed by atoms with Gasteiger partial charge >= 0.3 is 12.1 Å². The summed E-state index contributed by atoms with van der Waals surface area (Å²) in [5, 5.41) is 9.13. The van der Waals surface area contributed by atoms with Crippen LogP contribution >= 0.6 is 23.2 Å². The molecule has 0 spiro atoms. The second-order valence-corrected chi connectivity index (χ2v) is 7.00. The molecule has 2 unspecified atom stereocenters. The average molecular weight is 369 g/mol. The van der Waals surface area contributed by atoms with Crippen molar-refractivity contribution >= 4 is 35.0 Å². The van der Waals surface area contributed by atoms with E-state index in [4.69, 9.17) is 28.3 Å². The first kappa shape index (κ1) is 18.1. The Morgan fingerprint density at radius 3 is 2.17 bits per heavy atom. The molecule has 1 aromatic rings. The first-order valence-electron chi connectivity index (χ1n) is 6.76. The molecule has 23 heavy (non-hydrogen) atoms. The largest absolute Gasteiger partial charge is 0.481 e. The van der Waals surface area contributed by atoms with Gasteiger partial charge in [-0.3, -0.25) is 9.59 Å². The third-order valence-corrected chi connectivity index (χ3v) is 5.13. The second-order valence-electron chi connectivity index (χ2n) is 5.62. The zero-order chi connectivity index (χ0) is 17.6. The van der Waals surface area contributed by atoms with Crippen LogP contribution in [0.4, 0.5) is 13.2 Å². The Morgan fingerprint density at radius 2 is 1.83 bits per heavy atom. The molecule has 3 nitrogen and oxygen atoms in total. The standard InChI is InChI=1S/C15H13Cl2F3O3/c1-7(15(18,19)20)12(13(22)23)9-4-2-8(3-5-9)10-6-11(21)14(10,16)17/h2-5,7,10,12H,6H2,1H3,(H,22,23)/t7-,10?,12?/m1/s1. The Hall–Kier alpha value is -1.27. The molecule has 1 N–H and O–H groups in total. The molecule has 3 atom stereocenters. The highest BCUT2D eigenvalue weighted by molar-refractivity contribution is 6.61. The number of hydrogen-bond acceptors (Lipinski definition) is 2. The van der Waals surface area contributed by atoms with Crippen LogP contribution in [-0.4, -0.2) is 27.4 Å². The SMILES string of the molecule is C[C@H](C(C(=O)O)c1ccc(C2CC(=O)C2(Cl)Cl)cc1)C(F)(F)F. The Kier molecular flexibility index (Phi) is 4.70. The summed E-state index contributed by atoms with van der Waals surface area (Å²) in [4.78, 5) is 22.6. The van der Waals surface area contributed by atoms with Crippen molar-refractivity contribution in [2.75, 3.05) is 0 Å². The van der Waals surface area contributed by atoms with E-state index < -0.39 is 34.2 Å². The van der Waals surface area contributed by atoms with E-state index in [-0.39, 0.29) is 17.8 Å². The number of ketones is 1. The van der Waals surface area contributed by atoms with E-state index in [0.29, 0.717) is 5.56 Å². The minimum atomic E-state index is -4.62. The summed E-state index contributed by atoms with van der Waals surface area (Å²) >= 11 is 11.8. The van der Waals surface area contributed by atoms with Crippen molar-refractivity contribution in [3.63, 3.8) is 0 Å². The maximum Gasteiger partial charge on any atom is 0.392 e. The highest BCUT2D eigenvalue weighted by atomic mass is 35.5. The zero-order valence-electron chi connectivity index (χ0n) is 11.9. The Bertz CT molecular complexity index is 626. The first-order valence-corrected chi connectivity index (χ1v) is 7.52. The predicted octanol–water partition coefficient (Wildman–Crippen LogP) is 4.28. The maximum atomic E-state index is 12.8. The van der Waals surface area contributed by atoms with Crippen molar-refractivity contribution in [1.82, 2.24) is 0 Å². The molecule has 2 rings (SSSR count). The van der Waals surface area contributed by atoms with E-state index in [9.17, 15) is 22.8 Å². The summed E-state index contributed by atoms with van der Waals surface area (Å²) in [6.07, 6.45) is -4.47. The van der Waals surface area contributed by atoms with Gasteiger partial charge in [0.25, 0.3) is 0 Å². The number of carbonyl (C=O) groups excluding carboxylic acids is 1. The quantitative estimate of drug-likeness (QED) is 0.806. The lowest BCUT2D eigenvalue weighted by molar-refractivity contribution is -0.183. The number of carbonyl (C=O) groups is 2. The fraction of sp³-hybridized carbons (Fsp3) is 0.467. The fourth-order valence-electron chi connectivity index (χ4n) is 2.61. The van der Waals surface area contributed by atoms with Crippen molar-refractivity contribution in [3.8, 4) is 0 Å². The molecule has 1 saturated carbocycles. The predicted molar refractivity (Wildman–Crippen MR) is 78.8 cm³/mol. The van der Waals surface area contributed by atoms with Gasteiger partial charge in [-0.15, -0.1) is 0 Å². The third kappa shape index (κ3) is 3.33. The summed E-state index contributed by atoms with van der Waals surface area (Å²) < 4.78 is 36.9. The van der Waals surface area contributed by atoms with Crippen molar-refractivity contribution in [2.45, 2.75) is 35.7 Å². The zero-order valence-corrected chi connectivity index (χ0v) is 13.4. The van der Waals surface area contributed by atoms with Gasteiger partial charge in [0.15, 0.2) is 10.1 Å². The number of benzene rings is 1. The first-order chi connectivity index (χ1) is 10.5. The molecule has 1 fully saturated rings. The third-order valence-electron chi connectivity index (χ3n) is 4.18. The van der Waals surface area contributed by atoms with E-state index in [1.807, 2.05) is 0 Å². The van der Waals surface area contributed by atoms with Crippen molar-refractivity contribution < 1.29 is 27.9 Å². The van der Waals surface area contributed by atoms with E-state index >= 15 is 0 Å². The van der Waals surface area contributed by atoms with Gasteiger partial charge in [-0.2, -0.15) is 13.2 Å². The van der Waals surface area contributed by atoms with Crippen LogP contribution in [0, 0.1) is 5.92 Å². The number of rotatable bonds is 4. The molecule has 0 radical (unpaired) electrons. The molecule has 0 aromatic heterocycles. The molecule has 0 heterocycles. The van der Waals surface area contributed by atoms with E-state index in [1.165, 1.54) is 24.3 Å². The molecule has 8 heteroatoms. The summed E-state index contributed by atoms with van der Waals surface area (Å²) in [5.74, 6) is -6.05. The number of carboxylic acids is 1. The minimum Gasteiger partial charge on any atom is -0.481 e. The van der Waals surface area contributed by atoms with Crippen LogP contribution in [0.1, 0.15) is 36.3 Å². The van der Waals surface area contributed by atoms with E-state index in [0.717, 1.165) is 6.92 Å². The van der Waals surface area contributed by atoms with E-state index in [1.54, 1.807) is 0 Å². The average Bonchev–Trinajstić information content (AvgIpc) is 2.44. The smallest absolute Gasteiger partial charge is 0.392 e. The van der Waals surface area contributed by atoms with E-state index in [2.05, 4.69) is 0 Å². The number of Topliss-reactive ketones (excluding diaryl/α,β-unsaturated/α-hetero) is 1. The topological polar surface area (TPSA) is 54.4 Å². The van der Waals surface area contributed by atoms with Gasteiger partial charge in [0, 0.05) is 12.3 Å². The van der Waals surface area contributed by atoms with Gasteiger partial charge in [0.1, 0.15) is 0 Å². The molecule has 1 aromatic carbocycles. The Balaban J connectivity index is 2.27. The molecule has 1 aliphatic rings. The number of halogens is 5. The van der Waals surface area contributed by atoms with Crippen molar-refractivity contribution in [2.24, 2.45) is 5.92 Å². The Labute approximate surface area is 140 Å². The van der Waals surface area contributed by atoms with Crippen LogP contribution in [0.15, 0.2) is 24.3 Å². The van der Waals surface area contributed by atoms with Crippen LogP contribution in [0.2, 0.25) is 0 Å². The van der Waals surface area contributed by atoms with Gasteiger partial charge in [0.2, 0.25) is 0 Å². The number of carboxylic acid groups (broad SMARTS) is 1. The highest BCUT2D eigenvalue weighted by Crippen LogP contribution is 2.51. The minimum absolute atomic E-state index is 0.0338. The molecule has 1 aliphatic carbocycles. The monoisotopic (exact) mass is 368 g/mol. The normalized spacial score (nSPS) is 23.0. The van der Waals surface area contributed by atoms with Crippen LogP contribution in [0.25, 0.3) is 0 Å². The number of aliphatic carboxylic acids is 1. The summed E-state index contributed by atoms with van der Waals surface area (Å²) in [7, 11) is 0. The molecular formula is C15H13Cl2F3O3. The van der Waals surface area contributed by atoms with Crippen molar-refractivity contribution in [3.05, 3.63) is 35.4 Å². The Morgan fingerprint density at radius 1 is 1.30 bits per heavy atom. The lowest BCUT2D eigenvalue weighted by atomic mass is 9.77. The second kappa shape index (κ2) is 5.98. The maximum absolute atomic E-state index is 12.8. The van der Waals surface area contributed by atoms with Gasteiger partial charge in [0.05, 0.1) is 11.8 Å². The highest BCUT2D eigenvalue weighted by Gasteiger charge is 2.53. The van der Waals surface area contributed by atoms with Gasteiger partial charge in [-0.25, -0.2) is 0 Å². The molecule has 0 saturated heterocycles. The summed E-state index contributed by atoms with van der Waals surface area (Å²) in [6.45, 7) is 0.833. The van der Waals surface area contributed by atoms with Gasteiger partial charge < -0.3 is 5.11 Å². The number of alkyl halides is 5. The fourth-order valence-corrected chi connectivity index (χ4v) is 3.17. The van der Waals surface area contributed by atoms with Crippen LogP contribution in [0.3, 0.4) is 0 Å². The van der Waals surface area contributed by atoms with Gasteiger partial charge in [-0.05, 0) is 11.1 Å². The summed E-state index contributed by atoms with van der Waals surface area (Å²) in [5.41, 5.74) is 0.619. The molecule has 0 amide bonds. The molecule has 126 valence electrons. The van der Waals surface area contributed by atoms with Crippen LogP contribution in [0.5, 0.6) is 0 Å². The van der Waals surface area contributed by atoms with Crippen molar-refractivity contribution in [1.29, 1.82) is 0 Å². The number of hydrogen-bond donors (Lipinski definition) is 1. The molecular weight excluding hydrogens is 356 g/mol. The van der Waals surface area contributed by atoms with Crippen LogP contribution < -0.4 is 0 Å².